The second-order valence-electron chi connectivity index (χ2n) is 1.14. The van der Waals surface area contributed by atoms with Crippen LogP contribution in [0.25, 0.3) is 0 Å². The molecular weight excluding hydrogens is 130 g/mol. The summed E-state index contributed by atoms with van der Waals surface area (Å²) in [5.74, 6) is 0. The standard InChI is InChI=1S/C3H7NO3S/c1-3-4-7-8(2,5)6/h3H,1-2H3. The van der Waals surface area contributed by atoms with Gasteiger partial charge >= 0.3 is 10.1 Å². The quantitative estimate of drug-likeness (QED) is 0.396. The lowest BCUT2D eigenvalue weighted by Gasteiger charge is -1.88. The van der Waals surface area contributed by atoms with Crippen LogP contribution >= 0.6 is 0 Å². The molecule has 0 amide bonds. The van der Waals surface area contributed by atoms with Gasteiger partial charge in [0.25, 0.3) is 0 Å². The summed E-state index contributed by atoms with van der Waals surface area (Å²) in [4.78, 5) is 0. The third-order valence-corrected chi connectivity index (χ3v) is 0.641. The summed E-state index contributed by atoms with van der Waals surface area (Å²) in [6, 6.07) is 0. The molecule has 0 aliphatic rings. The molecule has 0 fully saturated rings. The lowest BCUT2D eigenvalue weighted by atomic mass is 10.9. The maximum atomic E-state index is 10.1. The molecule has 48 valence electrons. The Morgan fingerprint density at radius 3 is 2.25 bits per heavy atom. The van der Waals surface area contributed by atoms with E-state index < -0.39 is 10.1 Å². The molecule has 0 aromatic heterocycles. The number of hydrogen-bond acceptors (Lipinski definition) is 4. The van der Waals surface area contributed by atoms with Gasteiger partial charge in [0.2, 0.25) is 0 Å². The van der Waals surface area contributed by atoms with Crippen LogP contribution in [0.15, 0.2) is 5.16 Å². The molecule has 0 rings (SSSR count). The monoisotopic (exact) mass is 137 g/mol. The van der Waals surface area contributed by atoms with Crippen molar-refractivity contribution >= 4 is 16.3 Å². The van der Waals surface area contributed by atoms with Crippen LogP contribution in [-0.2, 0) is 14.4 Å². The van der Waals surface area contributed by atoms with E-state index in [0.29, 0.717) is 0 Å². The highest BCUT2D eigenvalue weighted by molar-refractivity contribution is 7.85. The van der Waals surface area contributed by atoms with Crippen LogP contribution < -0.4 is 0 Å². The second-order valence-corrected chi connectivity index (χ2v) is 2.70. The maximum absolute atomic E-state index is 10.1. The van der Waals surface area contributed by atoms with Crippen LogP contribution in [0.5, 0.6) is 0 Å². The van der Waals surface area contributed by atoms with E-state index in [9.17, 15) is 8.42 Å². The van der Waals surface area contributed by atoms with Crippen molar-refractivity contribution in [2.24, 2.45) is 5.16 Å². The summed E-state index contributed by atoms with van der Waals surface area (Å²) in [6.45, 7) is 1.56. The van der Waals surface area contributed by atoms with Crippen LogP contribution in [0.1, 0.15) is 6.92 Å². The Labute approximate surface area is 48.3 Å². The summed E-state index contributed by atoms with van der Waals surface area (Å²) < 4.78 is 24.0. The SMILES string of the molecule is CC=NOS(C)(=O)=O. The minimum Gasteiger partial charge on any atom is -0.269 e. The maximum Gasteiger partial charge on any atom is 0.325 e. The fraction of sp³-hybridized carbons (Fsp3) is 0.667. The van der Waals surface area contributed by atoms with Gasteiger partial charge in [-0.2, -0.15) is 8.42 Å². The fourth-order valence-electron chi connectivity index (χ4n) is 0.121. The van der Waals surface area contributed by atoms with E-state index in [1.807, 2.05) is 0 Å². The van der Waals surface area contributed by atoms with E-state index in [2.05, 4.69) is 9.44 Å². The van der Waals surface area contributed by atoms with E-state index in [4.69, 9.17) is 0 Å². The van der Waals surface area contributed by atoms with Crippen molar-refractivity contribution in [3.8, 4) is 0 Å². The Kier molecular flexibility index (Phi) is 2.47. The van der Waals surface area contributed by atoms with Gasteiger partial charge in [-0.1, -0.05) is 5.16 Å². The van der Waals surface area contributed by atoms with Gasteiger partial charge in [-0.3, -0.25) is 4.28 Å². The van der Waals surface area contributed by atoms with Crippen molar-refractivity contribution in [1.29, 1.82) is 0 Å². The zero-order chi connectivity index (χ0) is 6.62. The van der Waals surface area contributed by atoms with Crippen LogP contribution in [0, 0.1) is 0 Å². The zero-order valence-corrected chi connectivity index (χ0v) is 5.47. The predicted octanol–water partition coefficient (Wildman–Crippen LogP) is -0.0317. The first kappa shape index (κ1) is 7.42. The molecule has 0 aliphatic carbocycles. The minimum atomic E-state index is -3.38. The molecule has 5 heteroatoms. The number of nitrogens with zero attached hydrogens (tertiary/aromatic N) is 1. The van der Waals surface area contributed by atoms with Crippen molar-refractivity contribution in [2.75, 3.05) is 6.26 Å². The molecular formula is C3H7NO3S. The highest BCUT2D eigenvalue weighted by atomic mass is 32.2. The summed E-state index contributed by atoms with van der Waals surface area (Å²) in [5.41, 5.74) is 0. The molecule has 0 spiro atoms. The predicted molar refractivity (Wildman–Crippen MR) is 30.1 cm³/mol. The van der Waals surface area contributed by atoms with Gasteiger partial charge in [-0.05, 0) is 6.92 Å². The molecule has 0 saturated heterocycles. The first-order valence-electron chi connectivity index (χ1n) is 1.93. The van der Waals surface area contributed by atoms with Crippen LogP contribution in [0.4, 0.5) is 0 Å². The average molecular weight is 137 g/mol. The third-order valence-electron chi connectivity index (χ3n) is 0.284. The van der Waals surface area contributed by atoms with E-state index in [0.717, 1.165) is 6.26 Å². The third kappa shape index (κ3) is 5.42. The van der Waals surface area contributed by atoms with Gasteiger partial charge in [-0.15, -0.1) is 0 Å². The van der Waals surface area contributed by atoms with Crippen LogP contribution in [0.3, 0.4) is 0 Å². The largest absolute Gasteiger partial charge is 0.325 e. The van der Waals surface area contributed by atoms with Crippen molar-refractivity contribution in [2.45, 2.75) is 6.92 Å². The molecule has 0 heterocycles. The van der Waals surface area contributed by atoms with E-state index in [-0.39, 0.29) is 0 Å². The molecule has 0 aliphatic heterocycles. The van der Waals surface area contributed by atoms with Gasteiger partial charge in [0.15, 0.2) is 0 Å². The topological polar surface area (TPSA) is 55.7 Å². The average Bonchev–Trinajstić information content (AvgIpc) is 1.59. The Hall–Kier alpha value is -0.580. The molecule has 0 bridgehead atoms. The minimum absolute atomic E-state index is 0.931. The molecule has 0 aromatic rings. The Morgan fingerprint density at radius 2 is 2.12 bits per heavy atom. The summed E-state index contributed by atoms with van der Waals surface area (Å²) in [7, 11) is -3.38. The van der Waals surface area contributed by atoms with Crippen molar-refractivity contribution in [3.63, 3.8) is 0 Å². The van der Waals surface area contributed by atoms with E-state index in [1.54, 1.807) is 6.92 Å². The molecule has 0 saturated carbocycles. The smallest absolute Gasteiger partial charge is 0.269 e. The molecule has 4 nitrogen and oxygen atoms in total. The first-order valence-corrected chi connectivity index (χ1v) is 3.74. The number of rotatable bonds is 2. The van der Waals surface area contributed by atoms with Crippen LogP contribution in [-0.4, -0.2) is 20.9 Å². The molecule has 0 radical (unpaired) electrons. The van der Waals surface area contributed by atoms with E-state index >= 15 is 0 Å². The molecule has 0 atom stereocenters. The number of hydrogen-bond donors (Lipinski definition) is 0. The molecule has 0 N–H and O–H groups in total. The summed E-state index contributed by atoms with van der Waals surface area (Å²) in [6.07, 6.45) is 2.18. The lowest BCUT2D eigenvalue weighted by molar-refractivity contribution is 0.345. The molecule has 8 heavy (non-hydrogen) atoms. The van der Waals surface area contributed by atoms with Gasteiger partial charge in [0.05, 0.1) is 6.26 Å². The van der Waals surface area contributed by atoms with Crippen molar-refractivity contribution < 1.29 is 12.7 Å². The second kappa shape index (κ2) is 2.66. The summed E-state index contributed by atoms with van der Waals surface area (Å²) >= 11 is 0. The van der Waals surface area contributed by atoms with E-state index in [1.165, 1.54) is 6.21 Å². The Balaban J connectivity index is 3.76. The van der Waals surface area contributed by atoms with Crippen molar-refractivity contribution in [3.05, 3.63) is 0 Å². The van der Waals surface area contributed by atoms with Gasteiger partial charge in [0, 0.05) is 6.21 Å². The molecule has 0 unspecified atom stereocenters. The van der Waals surface area contributed by atoms with Gasteiger partial charge in [0.1, 0.15) is 0 Å². The molecule has 0 aromatic carbocycles. The fourth-order valence-corrected chi connectivity index (χ4v) is 0.364. The summed E-state index contributed by atoms with van der Waals surface area (Å²) in [5, 5.41) is 3.03. The van der Waals surface area contributed by atoms with Crippen molar-refractivity contribution in [1.82, 2.24) is 0 Å². The Bertz CT molecular complexity index is 169. The van der Waals surface area contributed by atoms with Crippen LogP contribution in [0.2, 0.25) is 0 Å². The lowest BCUT2D eigenvalue weighted by Crippen LogP contribution is -1.95. The highest BCUT2D eigenvalue weighted by Crippen LogP contribution is 1.83. The van der Waals surface area contributed by atoms with Gasteiger partial charge < -0.3 is 0 Å². The van der Waals surface area contributed by atoms with Gasteiger partial charge in [-0.25, -0.2) is 0 Å². The Morgan fingerprint density at radius 1 is 1.62 bits per heavy atom. The first-order chi connectivity index (χ1) is 3.56. The normalized spacial score (nSPS) is 12.2. The zero-order valence-electron chi connectivity index (χ0n) is 4.66. The highest BCUT2D eigenvalue weighted by Gasteiger charge is 1.95. The number of oxime groups is 1.